The van der Waals surface area contributed by atoms with E-state index in [4.69, 9.17) is 18.7 Å². The van der Waals surface area contributed by atoms with Crippen LogP contribution in [-0.4, -0.2) is 56.7 Å². The summed E-state index contributed by atoms with van der Waals surface area (Å²) in [5.41, 5.74) is 1.73. The molecule has 1 aromatic heterocycles. The van der Waals surface area contributed by atoms with E-state index in [-0.39, 0.29) is 23.7 Å². The lowest BCUT2D eigenvalue weighted by Gasteiger charge is -2.13. The number of amides is 1. The highest BCUT2D eigenvalue weighted by atomic mass is 32.2. The van der Waals surface area contributed by atoms with E-state index in [1.54, 1.807) is 13.0 Å². The van der Waals surface area contributed by atoms with Gasteiger partial charge in [-0.05, 0) is 38.5 Å². The van der Waals surface area contributed by atoms with Gasteiger partial charge < -0.3 is 24.1 Å². The molecule has 0 radical (unpaired) electrons. The Morgan fingerprint density at radius 3 is 2.65 bits per heavy atom. The summed E-state index contributed by atoms with van der Waals surface area (Å²) in [6.45, 7) is 3.31. The first-order valence-electron chi connectivity index (χ1n) is 9.58. The van der Waals surface area contributed by atoms with Gasteiger partial charge in [-0.3, -0.25) is 4.79 Å². The summed E-state index contributed by atoms with van der Waals surface area (Å²) < 4.78 is 44.1. The fourth-order valence-electron chi connectivity index (χ4n) is 3.16. The Morgan fingerprint density at radius 2 is 2.03 bits per heavy atom. The first-order chi connectivity index (χ1) is 14.7. The average Bonchev–Trinajstić information content (AvgIpc) is 3.24. The van der Waals surface area contributed by atoms with Crippen LogP contribution in [0.1, 0.15) is 33.8 Å². The third-order valence-electron chi connectivity index (χ3n) is 4.88. The molecule has 0 aliphatic carbocycles. The van der Waals surface area contributed by atoms with E-state index in [1.165, 1.54) is 19.2 Å². The van der Waals surface area contributed by atoms with E-state index < -0.39 is 34.4 Å². The van der Waals surface area contributed by atoms with Crippen LogP contribution in [0.2, 0.25) is 0 Å². The van der Waals surface area contributed by atoms with Crippen molar-refractivity contribution in [3.63, 3.8) is 0 Å². The smallest absolute Gasteiger partial charge is 0.338 e. The molecule has 1 aromatic carbocycles. The van der Waals surface area contributed by atoms with Gasteiger partial charge in [-0.1, -0.05) is 5.16 Å². The number of hydrogen-bond donors (Lipinski definition) is 1. The molecule has 0 unspecified atom stereocenters. The number of nitrogens with one attached hydrogen (secondary N) is 1. The van der Waals surface area contributed by atoms with Crippen molar-refractivity contribution in [1.29, 1.82) is 0 Å². The first kappa shape index (κ1) is 22.6. The normalized spacial score (nSPS) is 17.2. The molecule has 31 heavy (non-hydrogen) atoms. The molecule has 2 heterocycles. The summed E-state index contributed by atoms with van der Waals surface area (Å²) in [4.78, 5) is 24.2. The van der Waals surface area contributed by atoms with Gasteiger partial charge >= 0.3 is 5.97 Å². The van der Waals surface area contributed by atoms with Crippen molar-refractivity contribution in [1.82, 2.24) is 10.5 Å². The number of hydrogen-bond acceptors (Lipinski definition) is 9. The van der Waals surface area contributed by atoms with Crippen molar-refractivity contribution in [2.24, 2.45) is 0 Å². The Kier molecular flexibility index (Phi) is 6.84. The van der Waals surface area contributed by atoms with Crippen LogP contribution in [0.4, 0.5) is 0 Å². The number of carbonyl (C=O) groups is 2. The number of benzene rings is 1. The number of esters is 1. The molecule has 0 bridgehead atoms. The van der Waals surface area contributed by atoms with Gasteiger partial charge in [-0.15, -0.1) is 0 Å². The van der Waals surface area contributed by atoms with Gasteiger partial charge in [0.25, 0.3) is 5.91 Å². The van der Waals surface area contributed by atoms with Crippen molar-refractivity contribution < 1.29 is 36.7 Å². The predicted octanol–water partition coefficient (Wildman–Crippen LogP) is 1.34. The van der Waals surface area contributed by atoms with Gasteiger partial charge in [0.1, 0.15) is 12.4 Å². The third kappa shape index (κ3) is 5.75. The highest BCUT2D eigenvalue weighted by molar-refractivity contribution is 7.91. The fourth-order valence-corrected chi connectivity index (χ4v) is 4.84. The summed E-state index contributed by atoms with van der Waals surface area (Å²) in [5.74, 6) is 0.0689. The van der Waals surface area contributed by atoms with E-state index in [0.717, 1.165) is 11.3 Å². The standard InChI is InChI=1S/C20H24N2O8S/c1-12-16(13(2)30-22-12)9-28-17-5-4-14(8-18(17)27-3)20(24)29-10-19(23)21-15-6-7-31(25,26)11-15/h4-5,8,15H,6-7,9-11H2,1-3H3,(H,21,23)/t15-/m0/s1. The average molecular weight is 452 g/mol. The van der Waals surface area contributed by atoms with Crippen molar-refractivity contribution in [2.75, 3.05) is 25.2 Å². The summed E-state index contributed by atoms with van der Waals surface area (Å²) in [5, 5.41) is 6.43. The lowest BCUT2D eigenvalue weighted by Crippen LogP contribution is -2.38. The fraction of sp³-hybridized carbons (Fsp3) is 0.450. The molecule has 1 atom stereocenters. The van der Waals surface area contributed by atoms with Crippen LogP contribution in [0.25, 0.3) is 0 Å². The van der Waals surface area contributed by atoms with E-state index in [0.29, 0.717) is 23.7 Å². The van der Waals surface area contributed by atoms with E-state index in [9.17, 15) is 18.0 Å². The molecule has 2 aromatic rings. The minimum Gasteiger partial charge on any atom is -0.493 e. The molecule has 3 rings (SSSR count). The van der Waals surface area contributed by atoms with Crippen molar-refractivity contribution in [2.45, 2.75) is 32.9 Å². The SMILES string of the molecule is COc1cc(C(=O)OCC(=O)N[C@H]2CCS(=O)(=O)C2)ccc1OCc1c(C)noc1C. The second-order valence-corrected chi connectivity index (χ2v) is 9.43. The second kappa shape index (κ2) is 9.38. The minimum absolute atomic E-state index is 0.0438. The van der Waals surface area contributed by atoms with Crippen LogP contribution in [0.5, 0.6) is 11.5 Å². The van der Waals surface area contributed by atoms with Gasteiger partial charge in [-0.25, -0.2) is 13.2 Å². The summed E-state index contributed by atoms with van der Waals surface area (Å²) in [7, 11) is -1.67. The Balaban J connectivity index is 1.55. The minimum atomic E-state index is -3.11. The lowest BCUT2D eigenvalue weighted by molar-refractivity contribution is -0.124. The molecule has 1 aliphatic heterocycles. The molecule has 1 saturated heterocycles. The number of ether oxygens (including phenoxy) is 3. The molecule has 10 nitrogen and oxygen atoms in total. The maximum Gasteiger partial charge on any atom is 0.338 e. The van der Waals surface area contributed by atoms with Gasteiger partial charge in [0, 0.05) is 6.04 Å². The zero-order valence-electron chi connectivity index (χ0n) is 17.5. The van der Waals surface area contributed by atoms with Crippen LogP contribution in [0, 0.1) is 13.8 Å². The quantitative estimate of drug-likeness (QED) is 0.589. The number of carbonyl (C=O) groups excluding carboxylic acids is 2. The Hall–Kier alpha value is -3.08. The molecule has 0 spiro atoms. The molecule has 168 valence electrons. The highest BCUT2D eigenvalue weighted by Crippen LogP contribution is 2.29. The maximum absolute atomic E-state index is 12.3. The third-order valence-corrected chi connectivity index (χ3v) is 6.65. The summed E-state index contributed by atoms with van der Waals surface area (Å²) >= 11 is 0. The van der Waals surface area contributed by atoms with Crippen molar-refractivity contribution in [3.8, 4) is 11.5 Å². The van der Waals surface area contributed by atoms with Gasteiger partial charge in [0.2, 0.25) is 0 Å². The number of aromatic nitrogens is 1. The van der Waals surface area contributed by atoms with E-state index in [1.807, 2.05) is 6.92 Å². The van der Waals surface area contributed by atoms with Crippen LogP contribution in [0.3, 0.4) is 0 Å². The predicted molar refractivity (Wildman–Crippen MR) is 109 cm³/mol. The molecule has 1 fully saturated rings. The number of rotatable bonds is 8. The lowest BCUT2D eigenvalue weighted by atomic mass is 10.2. The molecule has 11 heteroatoms. The highest BCUT2D eigenvalue weighted by Gasteiger charge is 2.29. The molecule has 1 aliphatic rings. The molecule has 1 N–H and O–H groups in total. The number of sulfone groups is 1. The van der Waals surface area contributed by atoms with Crippen LogP contribution in [-0.2, 0) is 26.0 Å². The first-order valence-corrected chi connectivity index (χ1v) is 11.4. The largest absolute Gasteiger partial charge is 0.493 e. The van der Waals surface area contributed by atoms with Crippen LogP contribution >= 0.6 is 0 Å². The van der Waals surface area contributed by atoms with Crippen molar-refractivity contribution >= 4 is 21.7 Å². The molecular formula is C20H24N2O8S. The Labute approximate surface area is 179 Å². The van der Waals surface area contributed by atoms with Crippen LogP contribution in [0.15, 0.2) is 22.7 Å². The zero-order valence-corrected chi connectivity index (χ0v) is 18.3. The number of methoxy groups -OCH3 is 1. The molecule has 1 amide bonds. The van der Waals surface area contributed by atoms with Crippen LogP contribution < -0.4 is 14.8 Å². The Bertz CT molecular complexity index is 1060. The molecule has 0 saturated carbocycles. The topological polar surface area (TPSA) is 134 Å². The number of nitrogens with zero attached hydrogens (tertiary/aromatic N) is 1. The Morgan fingerprint density at radius 1 is 1.26 bits per heavy atom. The van der Waals surface area contributed by atoms with Gasteiger partial charge in [0.05, 0.1) is 35.4 Å². The maximum atomic E-state index is 12.3. The van der Waals surface area contributed by atoms with Crippen molar-refractivity contribution in [3.05, 3.63) is 40.8 Å². The monoisotopic (exact) mass is 452 g/mol. The summed E-state index contributed by atoms with van der Waals surface area (Å²) in [6, 6.07) is 4.06. The van der Waals surface area contributed by atoms with E-state index in [2.05, 4.69) is 10.5 Å². The molecular weight excluding hydrogens is 428 g/mol. The van der Waals surface area contributed by atoms with Gasteiger partial charge in [0.15, 0.2) is 27.9 Å². The van der Waals surface area contributed by atoms with E-state index >= 15 is 0 Å². The number of aryl methyl sites for hydroxylation is 2. The zero-order chi connectivity index (χ0) is 22.6. The summed E-state index contributed by atoms with van der Waals surface area (Å²) in [6.07, 6.45) is 0.356. The van der Waals surface area contributed by atoms with Gasteiger partial charge in [-0.2, -0.15) is 0 Å². The second-order valence-electron chi connectivity index (χ2n) is 7.20.